The standard InChI is InChI=1S/C21H37N3O2.HI/c1-6-21(7-2,12-14-25)16-24-20(22-8-3)23-13-11-18-10-9-17(4)19(15-18)26-5;/h9-10,15,25H,6-8,11-14,16H2,1-5H3,(H2,22,23,24);1H. The summed E-state index contributed by atoms with van der Waals surface area (Å²) in [6.45, 7) is 11.1. The number of rotatable bonds is 11. The van der Waals surface area contributed by atoms with Crippen LogP contribution in [0.15, 0.2) is 23.2 Å². The first-order chi connectivity index (χ1) is 12.5. The van der Waals surface area contributed by atoms with E-state index < -0.39 is 0 Å². The van der Waals surface area contributed by atoms with Crippen molar-refractivity contribution < 1.29 is 9.84 Å². The number of ether oxygens (including phenoxy) is 1. The van der Waals surface area contributed by atoms with E-state index in [2.05, 4.69) is 56.5 Å². The van der Waals surface area contributed by atoms with E-state index in [1.165, 1.54) is 5.56 Å². The Hall–Kier alpha value is -1.02. The summed E-state index contributed by atoms with van der Waals surface area (Å²) in [5.41, 5.74) is 2.48. The van der Waals surface area contributed by atoms with Crippen LogP contribution in [0.1, 0.15) is 51.2 Å². The van der Waals surface area contributed by atoms with E-state index in [1.807, 2.05) is 0 Å². The summed E-state index contributed by atoms with van der Waals surface area (Å²) in [6.07, 6.45) is 3.75. The van der Waals surface area contributed by atoms with Gasteiger partial charge in [0.1, 0.15) is 5.75 Å². The SMILES string of the molecule is CCNC(=NCC(CC)(CC)CCO)NCCc1ccc(C)c(OC)c1.I. The molecule has 0 aliphatic carbocycles. The lowest BCUT2D eigenvalue weighted by Crippen LogP contribution is -2.39. The molecular formula is C21H38IN3O2. The first kappa shape index (κ1) is 26.0. The number of halogens is 1. The average Bonchev–Trinajstić information content (AvgIpc) is 2.66. The fourth-order valence-corrected chi connectivity index (χ4v) is 3.08. The fourth-order valence-electron chi connectivity index (χ4n) is 3.08. The molecule has 0 heterocycles. The zero-order chi connectivity index (χ0) is 19.4. The normalized spacial score (nSPS) is 11.7. The lowest BCUT2D eigenvalue weighted by atomic mass is 9.79. The molecular weight excluding hydrogens is 453 g/mol. The molecule has 1 rings (SSSR count). The van der Waals surface area contributed by atoms with E-state index in [0.29, 0.717) is 0 Å². The molecule has 0 atom stereocenters. The summed E-state index contributed by atoms with van der Waals surface area (Å²) in [7, 11) is 1.71. The maximum Gasteiger partial charge on any atom is 0.191 e. The van der Waals surface area contributed by atoms with Gasteiger partial charge >= 0.3 is 0 Å². The number of nitrogens with one attached hydrogen (secondary N) is 2. The van der Waals surface area contributed by atoms with Gasteiger partial charge in [-0.3, -0.25) is 4.99 Å². The molecule has 0 spiro atoms. The molecule has 0 saturated heterocycles. The van der Waals surface area contributed by atoms with Crippen LogP contribution in [0.3, 0.4) is 0 Å². The van der Waals surface area contributed by atoms with Crippen molar-refractivity contribution in [2.75, 3.05) is 33.4 Å². The quantitative estimate of drug-likeness (QED) is 0.250. The highest BCUT2D eigenvalue weighted by Crippen LogP contribution is 2.30. The maximum absolute atomic E-state index is 9.37. The predicted molar refractivity (Wildman–Crippen MR) is 126 cm³/mol. The predicted octanol–water partition coefficient (Wildman–Crippen LogP) is 3.91. The van der Waals surface area contributed by atoms with Gasteiger partial charge in [-0.2, -0.15) is 0 Å². The molecule has 0 unspecified atom stereocenters. The van der Waals surface area contributed by atoms with Crippen LogP contribution >= 0.6 is 24.0 Å². The van der Waals surface area contributed by atoms with Gasteiger partial charge in [0.2, 0.25) is 0 Å². The second kappa shape index (κ2) is 14.0. The van der Waals surface area contributed by atoms with E-state index in [4.69, 9.17) is 9.73 Å². The van der Waals surface area contributed by atoms with Gasteiger partial charge in [-0.05, 0) is 62.1 Å². The van der Waals surface area contributed by atoms with Gasteiger partial charge in [0.15, 0.2) is 5.96 Å². The van der Waals surface area contributed by atoms with Crippen molar-refractivity contribution in [2.24, 2.45) is 10.4 Å². The van der Waals surface area contributed by atoms with E-state index in [1.54, 1.807) is 7.11 Å². The van der Waals surface area contributed by atoms with Gasteiger partial charge < -0.3 is 20.5 Å². The number of benzene rings is 1. The zero-order valence-electron chi connectivity index (χ0n) is 17.6. The molecule has 27 heavy (non-hydrogen) atoms. The molecule has 1 aromatic rings. The minimum Gasteiger partial charge on any atom is -0.496 e. The third-order valence-electron chi connectivity index (χ3n) is 5.24. The second-order valence-electron chi connectivity index (χ2n) is 6.86. The Labute approximate surface area is 182 Å². The molecule has 0 aliphatic heterocycles. The first-order valence-corrected chi connectivity index (χ1v) is 9.80. The highest BCUT2D eigenvalue weighted by Gasteiger charge is 2.25. The number of guanidine groups is 1. The van der Waals surface area contributed by atoms with Gasteiger partial charge in [-0.15, -0.1) is 24.0 Å². The van der Waals surface area contributed by atoms with Crippen molar-refractivity contribution in [1.82, 2.24) is 10.6 Å². The Balaban J connectivity index is 0.00000676. The molecule has 0 aromatic heterocycles. The molecule has 0 saturated carbocycles. The van der Waals surface area contributed by atoms with Crippen LogP contribution in [-0.4, -0.2) is 44.4 Å². The minimum absolute atomic E-state index is 0. The van der Waals surface area contributed by atoms with Gasteiger partial charge in [0, 0.05) is 26.2 Å². The lowest BCUT2D eigenvalue weighted by Gasteiger charge is -2.29. The first-order valence-electron chi connectivity index (χ1n) is 9.80. The lowest BCUT2D eigenvalue weighted by molar-refractivity contribution is 0.175. The summed E-state index contributed by atoms with van der Waals surface area (Å²) in [6, 6.07) is 6.34. The summed E-state index contributed by atoms with van der Waals surface area (Å²) >= 11 is 0. The Morgan fingerprint density at radius 1 is 1.19 bits per heavy atom. The van der Waals surface area contributed by atoms with Gasteiger partial charge in [-0.1, -0.05) is 26.0 Å². The van der Waals surface area contributed by atoms with Gasteiger partial charge in [0.05, 0.1) is 7.11 Å². The molecule has 1 aromatic carbocycles. The number of aliphatic hydroxyl groups excluding tert-OH is 1. The number of aliphatic hydroxyl groups is 1. The molecule has 0 amide bonds. The summed E-state index contributed by atoms with van der Waals surface area (Å²) < 4.78 is 5.40. The Morgan fingerprint density at radius 3 is 2.44 bits per heavy atom. The van der Waals surface area contributed by atoms with E-state index >= 15 is 0 Å². The molecule has 0 fully saturated rings. The van der Waals surface area contributed by atoms with Crippen LogP contribution in [0.5, 0.6) is 5.75 Å². The number of aryl methyl sites for hydroxylation is 1. The van der Waals surface area contributed by atoms with E-state index in [9.17, 15) is 5.11 Å². The van der Waals surface area contributed by atoms with Crippen molar-refractivity contribution in [3.8, 4) is 5.75 Å². The third-order valence-corrected chi connectivity index (χ3v) is 5.24. The average molecular weight is 491 g/mol. The number of methoxy groups -OCH3 is 1. The van der Waals surface area contributed by atoms with Crippen molar-refractivity contribution in [1.29, 1.82) is 0 Å². The number of hydrogen-bond donors (Lipinski definition) is 3. The number of nitrogens with zero attached hydrogens (tertiary/aromatic N) is 1. The molecule has 0 aliphatic rings. The highest BCUT2D eigenvalue weighted by molar-refractivity contribution is 14.0. The van der Waals surface area contributed by atoms with Crippen LogP contribution in [0.4, 0.5) is 0 Å². The number of aliphatic imine (C=N–C) groups is 1. The topological polar surface area (TPSA) is 65.9 Å². The minimum atomic E-state index is 0. The van der Waals surface area contributed by atoms with Crippen LogP contribution in [0.25, 0.3) is 0 Å². The molecule has 0 bridgehead atoms. The Bertz CT molecular complexity index is 560. The molecule has 0 radical (unpaired) electrons. The maximum atomic E-state index is 9.37. The molecule has 156 valence electrons. The van der Waals surface area contributed by atoms with Crippen molar-refractivity contribution in [2.45, 2.75) is 53.4 Å². The summed E-state index contributed by atoms with van der Waals surface area (Å²) in [5, 5.41) is 16.1. The molecule has 6 heteroatoms. The van der Waals surface area contributed by atoms with Crippen molar-refractivity contribution in [3.05, 3.63) is 29.3 Å². The number of hydrogen-bond acceptors (Lipinski definition) is 3. The van der Waals surface area contributed by atoms with Crippen LogP contribution in [0.2, 0.25) is 0 Å². The third kappa shape index (κ3) is 8.68. The second-order valence-corrected chi connectivity index (χ2v) is 6.86. The van der Waals surface area contributed by atoms with Gasteiger partial charge in [-0.25, -0.2) is 0 Å². The molecule has 5 nitrogen and oxygen atoms in total. The van der Waals surface area contributed by atoms with Crippen LogP contribution < -0.4 is 15.4 Å². The van der Waals surface area contributed by atoms with Crippen molar-refractivity contribution in [3.63, 3.8) is 0 Å². The fraction of sp³-hybridized carbons (Fsp3) is 0.667. The summed E-state index contributed by atoms with van der Waals surface area (Å²) in [4.78, 5) is 4.78. The zero-order valence-corrected chi connectivity index (χ0v) is 19.9. The van der Waals surface area contributed by atoms with Gasteiger partial charge in [0.25, 0.3) is 0 Å². The monoisotopic (exact) mass is 491 g/mol. The highest BCUT2D eigenvalue weighted by atomic mass is 127. The Morgan fingerprint density at radius 2 is 1.89 bits per heavy atom. The van der Waals surface area contributed by atoms with E-state index in [0.717, 1.165) is 62.6 Å². The van der Waals surface area contributed by atoms with Crippen LogP contribution in [0, 0.1) is 12.3 Å². The van der Waals surface area contributed by atoms with Crippen LogP contribution in [-0.2, 0) is 6.42 Å². The summed E-state index contributed by atoms with van der Waals surface area (Å²) in [5.74, 6) is 1.78. The largest absolute Gasteiger partial charge is 0.496 e. The van der Waals surface area contributed by atoms with E-state index in [-0.39, 0.29) is 36.0 Å². The molecule has 3 N–H and O–H groups in total. The smallest absolute Gasteiger partial charge is 0.191 e. The Kier molecular flexibility index (Phi) is 13.5. The van der Waals surface area contributed by atoms with Crippen molar-refractivity contribution >= 4 is 29.9 Å².